The molecule has 0 spiro atoms. The van der Waals surface area contributed by atoms with Crippen molar-refractivity contribution >= 4 is 16.9 Å². The molecule has 1 aromatic carbocycles. The van der Waals surface area contributed by atoms with Crippen molar-refractivity contribution in [1.82, 2.24) is 0 Å². The van der Waals surface area contributed by atoms with Gasteiger partial charge in [-0.2, -0.15) is 0 Å². The molecule has 0 bridgehead atoms. The number of furan rings is 1. The summed E-state index contributed by atoms with van der Waals surface area (Å²) in [6, 6.07) is 4.02. The number of fused-ring (bicyclic) bond motifs is 3. The lowest BCUT2D eigenvalue weighted by Crippen LogP contribution is -2.30. The van der Waals surface area contributed by atoms with E-state index in [-0.39, 0.29) is 0 Å². The molecular weight excluding hydrogens is 232 g/mol. The van der Waals surface area contributed by atoms with Gasteiger partial charge in [-0.05, 0) is 37.8 Å². The van der Waals surface area contributed by atoms with Gasteiger partial charge in [-0.15, -0.1) is 0 Å². The minimum Gasteiger partial charge on any atom is -0.479 e. The molecule has 1 unspecified atom stereocenters. The first-order valence-electron chi connectivity index (χ1n) is 5.99. The van der Waals surface area contributed by atoms with E-state index in [0.717, 1.165) is 22.3 Å². The van der Waals surface area contributed by atoms with Gasteiger partial charge in [0.1, 0.15) is 5.76 Å². The average Bonchev–Trinajstić information content (AvgIpc) is 2.65. The Kier molecular flexibility index (Phi) is 2.33. The van der Waals surface area contributed by atoms with Crippen LogP contribution in [-0.4, -0.2) is 17.2 Å². The van der Waals surface area contributed by atoms with Crippen LogP contribution in [0.3, 0.4) is 0 Å². The number of aliphatic carboxylic acids is 1. The van der Waals surface area contributed by atoms with Crippen molar-refractivity contribution in [2.45, 2.75) is 32.8 Å². The molecular formula is C14H14O4. The monoisotopic (exact) mass is 246 g/mol. The molecule has 0 amide bonds. The Bertz CT molecular complexity index is 639. The van der Waals surface area contributed by atoms with Gasteiger partial charge in [0, 0.05) is 5.39 Å². The highest BCUT2D eigenvalue weighted by atomic mass is 16.5. The van der Waals surface area contributed by atoms with Crippen LogP contribution in [0.4, 0.5) is 0 Å². The Morgan fingerprint density at radius 3 is 2.89 bits per heavy atom. The predicted octanol–water partition coefficient (Wildman–Crippen LogP) is 2.83. The van der Waals surface area contributed by atoms with Gasteiger partial charge in [-0.25, -0.2) is 4.79 Å². The van der Waals surface area contributed by atoms with Crippen molar-refractivity contribution in [2.24, 2.45) is 0 Å². The van der Waals surface area contributed by atoms with E-state index in [0.29, 0.717) is 24.2 Å². The second-order valence-corrected chi connectivity index (χ2v) is 4.70. The highest BCUT2D eigenvalue weighted by Crippen LogP contribution is 2.38. The molecule has 18 heavy (non-hydrogen) atoms. The van der Waals surface area contributed by atoms with Crippen LogP contribution in [0, 0.1) is 13.8 Å². The highest BCUT2D eigenvalue weighted by molar-refractivity contribution is 5.89. The molecule has 0 fully saturated rings. The van der Waals surface area contributed by atoms with E-state index in [1.165, 1.54) is 0 Å². The summed E-state index contributed by atoms with van der Waals surface area (Å²) in [6.07, 6.45) is 0.446. The largest absolute Gasteiger partial charge is 0.479 e. The molecule has 1 aliphatic heterocycles. The third-order valence-corrected chi connectivity index (χ3v) is 3.59. The summed E-state index contributed by atoms with van der Waals surface area (Å²) in [6.45, 7) is 3.89. The first-order valence-corrected chi connectivity index (χ1v) is 5.99. The van der Waals surface area contributed by atoms with Crippen molar-refractivity contribution in [3.05, 3.63) is 29.0 Å². The first kappa shape index (κ1) is 11.1. The summed E-state index contributed by atoms with van der Waals surface area (Å²) in [5, 5.41) is 10.0. The fourth-order valence-corrected chi connectivity index (χ4v) is 2.41. The number of carboxylic acid groups (broad SMARTS) is 1. The second-order valence-electron chi connectivity index (χ2n) is 4.70. The zero-order valence-corrected chi connectivity index (χ0v) is 10.3. The van der Waals surface area contributed by atoms with Gasteiger partial charge in [0.2, 0.25) is 0 Å². The van der Waals surface area contributed by atoms with Crippen molar-refractivity contribution in [1.29, 1.82) is 0 Å². The van der Waals surface area contributed by atoms with Crippen molar-refractivity contribution < 1.29 is 19.1 Å². The Hall–Kier alpha value is -1.97. The number of benzene rings is 1. The molecule has 0 saturated heterocycles. The lowest BCUT2D eigenvalue weighted by molar-refractivity contribution is -0.145. The normalized spacial score (nSPS) is 18.4. The summed E-state index contributed by atoms with van der Waals surface area (Å²) in [4.78, 5) is 11.0. The van der Waals surface area contributed by atoms with Crippen molar-refractivity contribution in [3.63, 3.8) is 0 Å². The van der Waals surface area contributed by atoms with E-state index in [1.807, 2.05) is 26.0 Å². The minimum atomic E-state index is -0.919. The summed E-state index contributed by atoms with van der Waals surface area (Å²) in [5.74, 6) is 0.527. The average molecular weight is 246 g/mol. The third-order valence-electron chi connectivity index (χ3n) is 3.59. The SMILES string of the molecule is Cc1oc2c3c(ccc2c1C)CCC(C(=O)O)O3. The van der Waals surface area contributed by atoms with Gasteiger partial charge in [0.25, 0.3) is 0 Å². The molecule has 4 nitrogen and oxygen atoms in total. The zero-order chi connectivity index (χ0) is 12.9. The topological polar surface area (TPSA) is 59.7 Å². The van der Waals surface area contributed by atoms with Crippen LogP contribution in [0.2, 0.25) is 0 Å². The maximum Gasteiger partial charge on any atom is 0.344 e. The van der Waals surface area contributed by atoms with Crippen molar-refractivity contribution in [2.75, 3.05) is 0 Å². The van der Waals surface area contributed by atoms with Gasteiger partial charge in [0.15, 0.2) is 17.4 Å². The van der Waals surface area contributed by atoms with E-state index in [9.17, 15) is 4.79 Å². The molecule has 94 valence electrons. The molecule has 2 heterocycles. The summed E-state index contributed by atoms with van der Waals surface area (Å²) < 4.78 is 11.3. The molecule has 2 aromatic rings. The third kappa shape index (κ3) is 1.49. The highest BCUT2D eigenvalue weighted by Gasteiger charge is 2.28. The van der Waals surface area contributed by atoms with E-state index in [2.05, 4.69) is 0 Å². The van der Waals surface area contributed by atoms with Crippen molar-refractivity contribution in [3.8, 4) is 5.75 Å². The van der Waals surface area contributed by atoms with E-state index < -0.39 is 12.1 Å². The molecule has 1 N–H and O–H groups in total. The first-order chi connectivity index (χ1) is 8.58. The standard InChI is InChI=1S/C14H14O4/c1-7-8(2)17-13-10(7)5-3-9-4-6-11(14(15)16)18-12(9)13/h3,5,11H,4,6H2,1-2H3,(H,15,16). The number of aryl methyl sites for hydroxylation is 3. The molecule has 3 rings (SSSR count). The molecule has 1 aromatic heterocycles. The Labute approximate surface area is 104 Å². The molecule has 0 saturated carbocycles. The maximum absolute atomic E-state index is 11.0. The number of carbonyl (C=O) groups is 1. The number of ether oxygens (including phenoxy) is 1. The van der Waals surface area contributed by atoms with E-state index in [1.54, 1.807) is 0 Å². The van der Waals surface area contributed by atoms with Crippen LogP contribution in [0.25, 0.3) is 11.0 Å². The Morgan fingerprint density at radius 2 is 2.17 bits per heavy atom. The van der Waals surface area contributed by atoms with Crippen LogP contribution < -0.4 is 4.74 Å². The molecule has 0 radical (unpaired) electrons. The number of carboxylic acids is 1. The second kappa shape index (κ2) is 3.77. The minimum absolute atomic E-state index is 0.506. The Balaban J connectivity index is 2.19. The summed E-state index contributed by atoms with van der Waals surface area (Å²) in [7, 11) is 0. The van der Waals surface area contributed by atoms with Gasteiger partial charge in [-0.1, -0.05) is 12.1 Å². The number of hydrogen-bond acceptors (Lipinski definition) is 3. The van der Waals surface area contributed by atoms with E-state index >= 15 is 0 Å². The van der Waals surface area contributed by atoms with Crippen LogP contribution in [-0.2, 0) is 11.2 Å². The smallest absolute Gasteiger partial charge is 0.344 e. The summed E-state index contributed by atoms with van der Waals surface area (Å²) in [5.41, 5.74) is 2.77. The van der Waals surface area contributed by atoms with Crippen LogP contribution >= 0.6 is 0 Å². The Morgan fingerprint density at radius 1 is 1.39 bits per heavy atom. The van der Waals surface area contributed by atoms with Crippen LogP contribution in [0.1, 0.15) is 23.3 Å². The fourth-order valence-electron chi connectivity index (χ4n) is 2.41. The molecule has 1 aliphatic rings. The van der Waals surface area contributed by atoms with Crippen LogP contribution in [0.5, 0.6) is 5.75 Å². The molecule has 4 heteroatoms. The van der Waals surface area contributed by atoms with Gasteiger partial charge in [-0.3, -0.25) is 0 Å². The predicted molar refractivity (Wildman–Crippen MR) is 66.1 cm³/mol. The molecule has 0 aliphatic carbocycles. The fraction of sp³-hybridized carbons (Fsp3) is 0.357. The lowest BCUT2D eigenvalue weighted by atomic mass is 10.00. The molecule has 1 atom stereocenters. The van der Waals surface area contributed by atoms with Gasteiger partial charge in [0.05, 0.1) is 0 Å². The van der Waals surface area contributed by atoms with Gasteiger partial charge >= 0.3 is 5.97 Å². The lowest BCUT2D eigenvalue weighted by Gasteiger charge is -2.22. The summed E-state index contributed by atoms with van der Waals surface area (Å²) >= 11 is 0. The number of rotatable bonds is 1. The van der Waals surface area contributed by atoms with Gasteiger partial charge < -0.3 is 14.3 Å². The quantitative estimate of drug-likeness (QED) is 0.840. The van der Waals surface area contributed by atoms with E-state index in [4.69, 9.17) is 14.3 Å². The number of hydrogen-bond donors (Lipinski definition) is 1. The maximum atomic E-state index is 11.0. The zero-order valence-electron chi connectivity index (χ0n) is 10.3. The van der Waals surface area contributed by atoms with Crippen LogP contribution in [0.15, 0.2) is 16.5 Å².